The fourth-order valence-corrected chi connectivity index (χ4v) is 5.67. The molecular weight excluding hydrogens is 472 g/mol. The summed E-state index contributed by atoms with van der Waals surface area (Å²) in [5.74, 6) is 1.78. The van der Waals surface area contributed by atoms with Gasteiger partial charge in [0.25, 0.3) is 5.91 Å². The van der Waals surface area contributed by atoms with Gasteiger partial charge in [-0.3, -0.25) is 4.79 Å². The van der Waals surface area contributed by atoms with Crippen LogP contribution in [0.3, 0.4) is 0 Å². The number of benzene rings is 2. The van der Waals surface area contributed by atoms with Crippen LogP contribution in [0.5, 0.6) is 5.75 Å². The zero-order valence-corrected chi connectivity index (χ0v) is 23.6. The van der Waals surface area contributed by atoms with Crippen molar-refractivity contribution in [2.45, 2.75) is 72.5 Å². The van der Waals surface area contributed by atoms with E-state index in [9.17, 15) is 4.79 Å². The molecule has 0 atom stereocenters. The van der Waals surface area contributed by atoms with Crippen LogP contribution in [0.1, 0.15) is 80.9 Å². The van der Waals surface area contributed by atoms with Crippen LogP contribution in [0.15, 0.2) is 65.5 Å². The summed E-state index contributed by atoms with van der Waals surface area (Å²) in [5, 5.41) is 3.45. The minimum atomic E-state index is -0.171. The third-order valence-electron chi connectivity index (χ3n) is 7.39. The first kappa shape index (κ1) is 26.3. The van der Waals surface area contributed by atoms with Gasteiger partial charge in [0.15, 0.2) is 0 Å². The van der Waals surface area contributed by atoms with Crippen LogP contribution >= 0.6 is 0 Å². The van der Waals surface area contributed by atoms with Crippen molar-refractivity contribution in [3.8, 4) is 5.75 Å². The van der Waals surface area contributed by atoms with E-state index in [1.54, 1.807) is 0 Å². The molecule has 2 heterocycles. The fourth-order valence-electron chi connectivity index (χ4n) is 5.67. The normalized spacial score (nSPS) is 17.8. The summed E-state index contributed by atoms with van der Waals surface area (Å²) in [6, 6.07) is 12.3. The van der Waals surface area contributed by atoms with Gasteiger partial charge in [-0.1, -0.05) is 29.8 Å². The molecule has 3 aliphatic rings. The summed E-state index contributed by atoms with van der Waals surface area (Å²) in [5.41, 5.74) is 8.17. The number of anilines is 1. The summed E-state index contributed by atoms with van der Waals surface area (Å²) >= 11 is 0. The van der Waals surface area contributed by atoms with E-state index < -0.39 is 0 Å². The quantitative estimate of drug-likeness (QED) is 0.458. The van der Waals surface area contributed by atoms with E-state index in [-0.39, 0.29) is 17.6 Å². The van der Waals surface area contributed by atoms with Crippen molar-refractivity contribution in [2.75, 3.05) is 25.0 Å². The molecule has 0 radical (unpaired) electrons. The van der Waals surface area contributed by atoms with Gasteiger partial charge >= 0.3 is 0 Å². The van der Waals surface area contributed by atoms with Gasteiger partial charge in [0.2, 0.25) is 0 Å². The molecule has 0 aromatic heterocycles. The molecule has 0 bridgehead atoms. The zero-order chi connectivity index (χ0) is 27.0. The molecule has 5 rings (SSSR count). The summed E-state index contributed by atoms with van der Waals surface area (Å²) in [7, 11) is 0. The van der Waals surface area contributed by atoms with Gasteiger partial charge in [-0.25, -0.2) is 0 Å². The first-order valence-corrected chi connectivity index (χ1v) is 13.9. The summed E-state index contributed by atoms with van der Waals surface area (Å²) in [4.78, 5) is 16.0. The fraction of sp³-hybridized carbons (Fsp3) is 0.424. The Bertz CT molecular complexity index is 1330. The summed E-state index contributed by atoms with van der Waals surface area (Å²) in [6.07, 6.45) is 7.15. The molecule has 2 aromatic rings. The van der Waals surface area contributed by atoms with E-state index in [1.807, 2.05) is 23.1 Å². The van der Waals surface area contributed by atoms with E-state index in [1.165, 1.54) is 5.57 Å². The molecule has 0 spiro atoms. The molecule has 2 aliphatic heterocycles. The lowest BCUT2D eigenvalue weighted by molar-refractivity contribution is -0.0791. The number of aryl methyl sites for hydroxylation is 1. The molecule has 1 fully saturated rings. The molecule has 200 valence electrons. The molecule has 1 aliphatic carbocycles. The van der Waals surface area contributed by atoms with Crippen LogP contribution in [0.2, 0.25) is 0 Å². The van der Waals surface area contributed by atoms with Crippen molar-refractivity contribution in [1.82, 2.24) is 4.90 Å². The van der Waals surface area contributed by atoms with Crippen LogP contribution in [0.4, 0.5) is 5.69 Å². The number of ether oxygens (including phenoxy) is 2. The molecule has 2 aromatic carbocycles. The Morgan fingerprint density at radius 2 is 1.84 bits per heavy atom. The smallest absolute Gasteiger partial charge is 0.254 e. The van der Waals surface area contributed by atoms with Crippen LogP contribution in [0, 0.1) is 6.92 Å². The number of allylic oxidation sites excluding steroid dienone is 3. The number of amides is 1. The van der Waals surface area contributed by atoms with Gasteiger partial charge in [0, 0.05) is 53.7 Å². The second kappa shape index (κ2) is 10.5. The number of fused-ring (bicyclic) bond motifs is 2. The number of piperidine rings is 1. The van der Waals surface area contributed by atoms with Crippen LogP contribution in [0.25, 0.3) is 5.57 Å². The van der Waals surface area contributed by atoms with Crippen molar-refractivity contribution in [2.24, 2.45) is 0 Å². The monoisotopic (exact) mass is 512 g/mol. The molecule has 5 nitrogen and oxygen atoms in total. The molecule has 1 saturated heterocycles. The standard InChI is InChI=1S/C33H40N2O3/c1-7-34-28-20-30-27(19-22(28)3)31(26-18-21(2)12-13-29(26)37-30)24-10-8-9-11-25(24)32(36)35-16-14-23(15-17-35)38-33(4,5)6/h8-11,13,18-20,23,34H,7,12,14-17H2,1-6H3. The van der Waals surface area contributed by atoms with E-state index in [4.69, 9.17) is 9.47 Å². The molecule has 1 amide bonds. The average Bonchev–Trinajstić information content (AvgIpc) is 2.87. The second-order valence-corrected chi connectivity index (χ2v) is 11.6. The van der Waals surface area contributed by atoms with Gasteiger partial charge in [0.1, 0.15) is 11.5 Å². The molecular formula is C33H40N2O3. The number of nitrogens with one attached hydrogen (secondary N) is 1. The Hall–Kier alpha value is -3.31. The highest BCUT2D eigenvalue weighted by atomic mass is 16.5. The molecule has 1 N–H and O–H groups in total. The largest absolute Gasteiger partial charge is 0.456 e. The van der Waals surface area contributed by atoms with E-state index >= 15 is 0 Å². The number of hydrogen-bond acceptors (Lipinski definition) is 4. The topological polar surface area (TPSA) is 50.8 Å². The van der Waals surface area contributed by atoms with Gasteiger partial charge in [-0.05, 0) is 90.1 Å². The van der Waals surface area contributed by atoms with Crippen molar-refractivity contribution in [3.05, 3.63) is 87.7 Å². The SMILES string of the molecule is CCNc1cc2c(cc1C)C(c1ccccc1C(=O)N1CCC(OC(C)(C)C)CC1)=C1C=C(C)CC=C1O2. The van der Waals surface area contributed by atoms with Crippen LogP contribution in [-0.2, 0) is 4.74 Å². The molecule has 38 heavy (non-hydrogen) atoms. The second-order valence-electron chi connectivity index (χ2n) is 11.6. The van der Waals surface area contributed by atoms with E-state index in [2.05, 4.69) is 77.2 Å². The van der Waals surface area contributed by atoms with Gasteiger partial charge in [-0.15, -0.1) is 0 Å². The first-order valence-electron chi connectivity index (χ1n) is 13.9. The number of rotatable bonds is 5. The van der Waals surface area contributed by atoms with Crippen molar-refractivity contribution in [1.29, 1.82) is 0 Å². The zero-order valence-electron chi connectivity index (χ0n) is 23.6. The Labute approximate surface area is 227 Å². The van der Waals surface area contributed by atoms with Gasteiger partial charge in [0.05, 0.1) is 11.7 Å². The maximum absolute atomic E-state index is 14.0. The Kier molecular flexibility index (Phi) is 7.23. The first-order chi connectivity index (χ1) is 18.1. The summed E-state index contributed by atoms with van der Waals surface area (Å²) in [6.45, 7) is 14.9. The van der Waals surface area contributed by atoms with Crippen LogP contribution in [-0.4, -0.2) is 42.1 Å². The van der Waals surface area contributed by atoms with Crippen LogP contribution < -0.4 is 10.1 Å². The number of carbonyl (C=O) groups excluding carboxylic acids is 1. The lowest BCUT2D eigenvalue weighted by Gasteiger charge is -2.36. The maximum atomic E-state index is 14.0. The minimum absolute atomic E-state index is 0.0824. The van der Waals surface area contributed by atoms with Crippen molar-refractivity contribution in [3.63, 3.8) is 0 Å². The minimum Gasteiger partial charge on any atom is -0.456 e. The third-order valence-corrected chi connectivity index (χ3v) is 7.39. The van der Waals surface area contributed by atoms with Gasteiger partial charge in [-0.2, -0.15) is 0 Å². The lowest BCUT2D eigenvalue weighted by atomic mass is 9.83. The molecule has 0 saturated carbocycles. The predicted octanol–water partition coefficient (Wildman–Crippen LogP) is 7.27. The number of nitrogens with zero attached hydrogens (tertiary/aromatic N) is 1. The highest BCUT2D eigenvalue weighted by molar-refractivity contribution is 6.03. The van der Waals surface area contributed by atoms with Crippen molar-refractivity contribution < 1.29 is 14.3 Å². The van der Waals surface area contributed by atoms with Gasteiger partial charge < -0.3 is 19.7 Å². The molecule has 0 unspecified atom stereocenters. The Morgan fingerprint density at radius 1 is 1.11 bits per heavy atom. The number of likely N-dealkylation sites (tertiary alicyclic amines) is 1. The summed E-state index contributed by atoms with van der Waals surface area (Å²) < 4.78 is 12.7. The lowest BCUT2D eigenvalue weighted by Crippen LogP contribution is -2.43. The number of carbonyl (C=O) groups is 1. The van der Waals surface area contributed by atoms with E-state index in [0.29, 0.717) is 13.1 Å². The number of hydrogen-bond donors (Lipinski definition) is 1. The Morgan fingerprint density at radius 3 is 2.55 bits per heavy atom. The highest BCUT2D eigenvalue weighted by Crippen LogP contribution is 2.46. The maximum Gasteiger partial charge on any atom is 0.254 e. The van der Waals surface area contributed by atoms with Crippen molar-refractivity contribution >= 4 is 17.2 Å². The predicted molar refractivity (Wildman–Crippen MR) is 155 cm³/mol. The third kappa shape index (κ3) is 5.30. The Balaban J connectivity index is 1.56. The molecule has 5 heteroatoms. The van der Waals surface area contributed by atoms with E-state index in [0.717, 1.165) is 76.4 Å². The average molecular weight is 513 g/mol. The highest BCUT2D eigenvalue weighted by Gasteiger charge is 2.32.